The van der Waals surface area contributed by atoms with Crippen LogP contribution in [0, 0.1) is 6.92 Å². The summed E-state index contributed by atoms with van der Waals surface area (Å²) in [6, 6.07) is 6.03. The highest BCUT2D eigenvalue weighted by Gasteiger charge is 2.20. The van der Waals surface area contributed by atoms with Crippen LogP contribution in [0.3, 0.4) is 0 Å². The van der Waals surface area contributed by atoms with Crippen LogP contribution in [-0.4, -0.2) is 10.1 Å². The number of aryl methyl sites for hydroxylation is 1. The molecule has 3 rings (SSSR count). The molecule has 0 spiro atoms. The maximum Gasteiger partial charge on any atom is 0.249 e. The first-order valence-electron chi connectivity index (χ1n) is 4.72. The van der Waals surface area contributed by atoms with Gasteiger partial charge in [0, 0.05) is 0 Å². The number of anilines is 1. The summed E-state index contributed by atoms with van der Waals surface area (Å²) in [6.07, 6.45) is 1.22. The number of thiazole rings is 1. The molecule has 6 heteroatoms. The van der Waals surface area contributed by atoms with E-state index >= 15 is 0 Å². The van der Waals surface area contributed by atoms with E-state index in [9.17, 15) is 5.11 Å². The largest absolute Gasteiger partial charge is 0.491 e. The van der Waals surface area contributed by atoms with E-state index in [0.717, 1.165) is 10.2 Å². The van der Waals surface area contributed by atoms with E-state index in [4.69, 9.17) is 4.84 Å². The van der Waals surface area contributed by atoms with Crippen molar-refractivity contribution >= 4 is 26.7 Å². The van der Waals surface area contributed by atoms with Crippen LogP contribution in [-0.2, 0) is 4.84 Å². The SMILES string of the molecule is Cc1ccc2nc(N3NOC=C3O)sc2c1. The third-order valence-electron chi connectivity index (χ3n) is 2.26. The highest BCUT2D eigenvalue weighted by atomic mass is 32.1. The minimum absolute atomic E-state index is 0.00391. The quantitative estimate of drug-likeness (QED) is 0.793. The summed E-state index contributed by atoms with van der Waals surface area (Å²) in [7, 11) is 0. The van der Waals surface area contributed by atoms with Crippen LogP contribution in [0.15, 0.2) is 30.3 Å². The van der Waals surface area contributed by atoms with E-state index < -0.39 is 0 Å². The second kappa shape index (κ2) is 3.36. The zero-order chi connectivity index (χ0) is 11.1. The molecular formula is C10H9N3O2S. The second-order valence-corrected chi connectivity index (χ2v) is 4.50. The van der Waals surface area contributed by atoms with Crippen molar-refractivity contribution < 1.29 is 9.94 Å². The molecule has 0 bridgehead atoms. The van der Waals surface area contributed by atoms with Gasteiger partial charge in [-0.15, -0.1) is 0 Å². The standard InChI is InChI=1S/C10H9N3O2S/c1-6-2-3-7-8(4-6)16-10(11-7)13-9(14)5-15-12-13/h2-5,12,14H,1H3. The molecule has 0 radical (unpaired) electrons. The monoisotopic (exact) mass is 235 g/mol. The molecule has 0 aliphatic carbocycles. The molecule has 1 aromatic heterocycles. The number of nitrogens with one attached hydrogen (secondary N) is 1. The molecule has 0 unspecified atom stereocenters. The lowest BCUT2D eigenvalue weighted by molar-refractivity contribution is 0.158. The zero-order valence-corrected chi connectivity index (χ0v) is 9.28. The van der Waals surface area contributed by atoms with Crippen LogP contribution < -0.4 is 10.6 Å². The molecule has 2 heterocycles. The summed E-state index contributed by atoms with van der Waals surface area (Å²) in [6.45, 7) is 2.04. The van der Waals surface area contributed by atoms with Gasteiger partial charge in [0.15, 0.2) is 6.26 Å². The van der Waals surface area contributed by atoms with Crippen molar-refractivity contribution in [2.75, 3.05) is 5.01 Å². The Labute approximate surface area is 95.5 Å². The lowest BCUT2D eigenvalue weighted by atomic mass is 10.2. The number of fused-ring (bicyclic) bond motifs is 1. The summed E-state index contributed by atoms with van der Waals surface area (Å²) in [4.78, 5) is 9.16. The highest BCUT2D eigenvalue weighted by Crippen LogP contribution is 2.30. The van der Waals surface area contributed by atoms with Gasteiger partial charge in [0.2, 0.25) is 11.0 Å². The predicted octanol–water partition coefficient (Wildman–Crippen LogP) is 2.22. The Morgan fingerprint density at radius 2 is 2.38 bits per heavy atom. The van der Waals surface area contributed by atoms with E-state index in [1.807, 2.05) is 19.1 Å². The van der Waals surface area contributed by atoms with E-state index in [-0.39, 0.29) is 5.88 Å². The van der Waals surface area contributed by atoms with Gasteiger partial charge in [-0.25, -0.2) is 4.98 Å². The third kappa shape index (κ3) is 1.39. The van der Waals surface area contributed by atoms with E-state index in [2.05, 4.69) is 16.6 Å². The number of rotatable bonds is 1. The maximum atomic E-state index is 9.49. The summed E-state index contributed by atoms with van der Waals surface area (Å²) in [5.74, 6) is -0.00391. The number of hydrogen-bond acceptors (Lipinski definition) is 6. The first kappa shape index (κ1) is 9.44. The van der Waals surface area contributed by atoms with Crippen LogP contribution in [0.1, 0.15) is 5.56 Å². The normalized spacial score (nSPS) is 15.3. The third-order valence-corrected chi connectivity index (χ3v) is 3.26. The molecule has 0 atom stereocenters. The molecule has 82 valence electrons. The second-order valence-electron chi connectivity index (χ2n) is 3.49. The van der Waals surface area contributed by atoms with Crippen molar-refractivity contribution in [2.24, 2.45) is 0 Å². The van der Waals surface area contributed by atoms with Crippen molar-refractivity contribution in [3.8, 4) is 0 Å². The number of aliphatic hydroxyl groups excluding tert-OH is 1. The summed E-state index contributed by atoms with van der Waals surface area (Å²) >= 11 is 1.48. The summed E-state index contributed by atoms with van der Waals surface area (Å²) < 4.78 is 1.08. The molecule has 1 aliphatic rings. The number of hydrazine groups is 1. The number of aromatic nitrogens is 1. The van der Waals surface area contributed by atoms with Gasteiger partial charge >= 0.3 is 0 Å². The molecule has 16 heavy (non-hydrogen) atoms. The van der Waals surface area contributed by atoms with Crippen molar-refractivity contribution in [1.82, 2.24) is 10.6 Å². The molecule has 1 aromatic carbocycles. The van der Waals surface area contributed by atoms with Gasteiger partial charge in [-0.3, -0.25) is 0 Å². The van der Waals surface area contributed by atoms with Crippen LogP contribution in [0.5, 0.6) is 0 Å². The Kier molecular flexibility index (Phi) is 1.98. The molecule has 1 aliphatic heterocycles. The fourth-order valence-electron chi connectivity index (χ4n) is 1.48. The fraction of sp³-hybridized carbons (Fsp3) is 0.100. The Balaban J connectivity index is 2.08. The molecule has 5 nitrogen and oxygen atoms in total. The topological polar surface area (TPSA) is 57.6 Å². The van der Waals surface area contributed by atoms with Gasteiger partial charge in [-0.05, 0) is 24.6 Å². The summed E-state index contributed by atoms with van der Waals surface area (Å²) in [5.41, 5.74) is 4.63. The lowest BCUT2D eigenvalue weighted by Gasteiger charge is -2.10. The fourth-order valence-corrected chi connectivity index (χ4v) is 2.51. The molecular weight excluding hydrogens is 226 g/mol. The average molecular weight is 235 g/mol. The van der Waals surface area contributed by atoms with Crippen molar-refractivity contribution in [3.05, 3.63) is 35.9 Å². The van der Waals surface area contributed by atoms with Gasteiger partial charge < -0.3 is 9.94 Å². The Hall–Kier alpha value is -1.79. The van der Waals surface area contributed by atoms with Gasteiger partial charge in [0.1, 0.15) is 0 Å². The molecule has 0 saturated carbocycles. The first-order valence-corrected chi connectivity index (χ1v) is 5.53. The van der Waals surface area contributed by atoms with Crippen molar-refractivity contribution in [2.45, 2.75) is 6.92 Å². The summed E-state index contributed by atoms with van der Waals surface area (Å²) in [5, 5.41) is 11.5. The Bertz CT molecular complexity index is 578. The van der Waals surface area contributed by atoms with Gasteiger partial charge in [-0.2, -0.15) is 5.01 Å². The molecule has 2 aromatic rings. The Morgan fingerprint density at radius 3 is 3.12 bits per heavy atom. The lowest BCUT2D eigenvalue weighted by Crippen LogP contribution is -2.30. The van der Waals surface area contributed by atoms with Crippen LogP contribution in [0.25, 0.3) is 10.2 Å². The van der Waals surface area contributed by atoms with E-state index in [1.54, 1.807) is 0 Å². The van der Waals surface area contributed by atoms with Gasteiger partial charge in [0.05, 0.1) is 10.2 Å². The molecule has 0 amide bonds. The highest BCUT2D eigenvalue weighted by molar-refractivity contribution is 7.22. The van der Waals surface area contributed by atoms with E-state index in [1.165, 1.54) is 28.2 Å². The molecule has 2 N–H and O–H groups in total. The van der Waals surface area contributed by atoms with Crippen LogP contribution in [0.2, 0.25) is 0 Å². The zero-order valence-electron chi connectivity index (χ0n) is 8.47. The number of aliphatic hydroxyl groups is 1. The molecule has 0 saturated heterocycles. The first-order chi connectivity index (χ1) is 7.74. The van der Waals surface area contributed by atoms with Crippen molar-refractivity contribution in [1.29, 1.82) is 0 Å². The Morgan fingerprint density at radius 1 is 1.50 bits per heavy atom. The maximum absolute atomic E-state index is 9.49. The smallest absolute Gasteiger partial charge is 0.249 e. The van der Waals surface area contributed by atoms with E-state index in [0.29, 0.717) is 5.13 Å². The van der Waals surface area contributed by atoms with Gasteiger partial charge in [0.25, 0.3) is 0 Å². The number of hydrogen-bond donors (Lipinski definition) is 2. The van der Waals surface area contributed by atoms with Crippen LogP contribution in [0.4, 0.5) is 5.13 Å². The minimum Gasteiger partial charge on any atom is -0.491 e. The minimum atomic E-state index is -0.00391. The van der Waals surface area contributed by atoms with Gasteiger partial charge in [-0.1, -0.05) is 23.0 Å². The van der Waals surface area contributed by atoms with Crippen molar-refractivity contribution in [3.63, 3.8) is 0 Å². The van der Waals surface area contributed by atoms with Crippen LogP contribution >= 0.6 is 11.3 Å². The molecule has 0 fully saturated rings. The number of benzene rings is 1. The average Bonchev–Trinajstić information content (AvgIpc) is 2.82. The predicted molar refractivity (Wildman–Crippen MR) is 61.8 cm³/mol. The number of nitrogens with zero attached hydrogens (tertiary/aromatic N) is 2.